The second-order valence-electron chi connectivity index (χ2n) is 9.51. The van der Waals surface area contributed by atoms with Crippen LogP contribution in [0.25, 0.3) is 11.1 Å². The normalized spacial score (nSPS) is 13.0. The van der Waals surface area contributed by atoms with Crippen molar-refractivity contribution in [1.82, 2.24) is 5.32 Å². The molecule has 0 aliphatic rings. The predicted octanol–water partition coefficient (Wildman–Crippen LogP) is 5.09. The average molecular weight is 468 g/mol. The monoisotopic (exact) mass is 467 g/mol. The van der Waals surface area contributed by atoms with E-state index in [4.69, 9.17) is 9.47 Å². The third kappa shape index (κ3) is 9.77. The Morgan fingerprint density at radius 1 is 0.912 bits per heavy atom. The molecule has 1 amide bonds. The highest BCUT2D eigenvalue weighted by molar-refractivity contribution is 5.81. The lowest BCUT2D eigenvalue weighted by atomic mass is 9.94. The van der Waals surface area contributed by atoms with E-state index in [0.29, 0.717) is 19.4 Å². The maximum absolute atomic E-state index is 12.6. The van der Waals surface area contributed by atoms with Crippen LogP contribution in [0.4, 0.5) is 0 Å². The highest BCUT2D eigenvalue weighted by atomic mass is 16.6. The molecule has 6 heteroatoms. The fourth-order valence-electron chi connectivity index (χ4n) is 3.66. The molecule has 2 aromatic carbocycles. The van der Waals surface area contributed by atoms with Gasteiger partial charge in [-0.1, -0.05) is 61.5 Å². The minimum atomic E-state index is -0.586. The number of carbonyl (C=O) groups is 3. The molecular formula is C28H37NO5. The highest BCUT2D eigenvalue weighted by Crippen LogP contribution is 2.21. The topological polar surface area (TPSA) is 81.7 Å². The van der Waals surface area contributed by atoms with Crippen LogP contribution in [0, 0.1) is 5.92 Å². The van der Waals surface area contributed by atoms with Crippen LogP contribution in [0.1, 0.15) is 59.4 Å². The maximum Gasteiger partial charge on any atom is 0.308 e. The minimum Gasteiger partial charge on any atom is -0.466 e. The molecule has 34 heavy (non-hydrogen) atoms. The molecular weight excluding hydrogens is 430 g/mol. The van der Waals surface area contributed by atoms with Crippen molar-refractivity contribution in [2.45, 2.75) is 71.9 Å². The molecule has 0 aromatic heterocycles. The van der Waals surface area contributed by atoms with Crippen molar-refractivity contribution >= 4 is 17.8 Å². The molecule has 1 N–H and O–H groups in total. The number of hydrogen-bond acceptors (Lipinski definition) is 5. The molecule has 0 aliphatic heterocycles. The lowest BCUT2D eigenvalue weighted by Crippen LogP contribution is -2.39. The van der Waals surface area contributed by atoms with E-state index in [1.54, 1.807) is 34.6 Å². The molecule has 0 unspecified atom stereocenters. The Hall–Kier alpha value is -3.15. The van der Waals surface area contributed by atoms with Crippen molar-refractivity contribution in [3.63, 3.8) is 0 Å². The number of hydrogen-bond donors (Lipinski definition) is 1. The fourth-order valence-corrected chi connectivity index (χ4v) is 3.66. The van der Waals surface area contributed by atoms with Crippen LogP contribution in [0.15, 0.2) is 54.6 Å². The largest absolute Gasteiger partial charge is 0.466 e. The lowest BCUT2D eigenvalue weighted by molar-refractivity contribution is -0.155. The smallest absolute Gasteiger partial charge is 0.308 e. The molecule has 0 saturated heterocycles. The van der Waals surface area contributed by atoms with Gasteiger partial charge in [0.05, 0.1) is 18.9 Å². The summed E-state index contributed by atoms with van der Waals surface area (Å²) < 4.78 is 10.4. The van der Waals surface area contributed by atoms with Crippen LogP contribution < -0.4 is 5.32 Å². The van der Waals surface area contributed by atoms with E-state index in [0.717, 1.165) is 16.7 Å². The fraction of sp³-hybridized carbons (Fsp3) is 0.464. The van der Waals surface area contributed by atoms with Gasteiger partial charge < -0.3 is 14.8 Å². The van der Waals surface area contributed by atoms with Gasteiger partial charge in [0, 0.05) is 12.5 Å². The number of carbonyl (C=O) groups excluding carboxylic acids is 3. The summed E-state index contributed by atoms with van der Waals surface area (Å²) in [4.78, 5) is 36.7. The van der Waals surface area contributed by atoms with E-state index in [1.165, 1.54) is 0 Å². The molecule has 2 atom stereocenters. The van der Waals surface area contributed by atoms with Crippen LogP contribution in [0.3, 0.4) is 0 Å². The van der Waals surface area contributed by atoms with Crippen molar-refractivity contribution in [1.29, 1.82) is 0 Å². The first kappa shape index (κ1) is 27.1. The van der Waals surface area contributed by atoms with Gasteiger partial charge in [0.1, 0.15) is 5.60 Å². The summed E-state index contributed by atoms with van der Waals surface area (Å²) in [7, 11) is 0. The van der Waals surface area contributed by atoms with Gasteiger partial charge in [0.2, 0.25) is 5.91 Å². The van der Waals surface area contributed by atoms with E-state index < -0.39 is 11.6 Å². The van der Waals surface area contributed by atoms with Crippen molar-refractivity contribution in [2.75, 3.05) is 6.61 Å². The Balaban J connectivity index is 2.04. The molecule has 2 rings (SSSR count). The van der Waals surface area contributed by atoms with Gasteiger partial charge in [-0.05, 0) is 57.2 Å². The van der Waals surface area contributed by atoms with Crippen LogP contribution >= 0.6 is 0 Å². The second kappa shape index (κ2) is 12.9. The minimum absolute atomic E-state index is 0.00895. The summed E-state index contributed by atoms with van der Waals surface area (Å²) in [5, 5.41) is 3.00. The van der Waals surface area contributed by atoms with Crippen LogP contribution in [0.5, 0.6) is 0 Å². The summed E-state index contributed by atoms with van der Waals surface area (Å²) in [6, 6.07) is 18.0. The number of amides is 1. The molecule has 0 aliphatic carbocycles. The first-order valence-electron chi connectivity index (χ1n) is 11.9. The van der Waals surface area contributed by atoms with Gasteiger partial charge >= 0.3 is 11.9 Å². The zero-order valence-electron chi connectivity index (χ0n) is 20.9. The second-order valence-corrected chi connectivity index (χ2v) is 9.51. The molecule has 0 saturated carbocycles. The third-order valence-corrected chi connectivity index (χ3v) is 5.21. The Kier molecular flexibility index (Phi) is 10.3. The third-order valence-electron chi connectivity index (χ3n) is 5.21. The summed E-state index contributed by atoms with van der Waals surface area (Å²) in [5.41, 5.74) is 2.71. The summed E-state index contributed by atoms with van der Waals surface area (Å²) >= 11 is 0. The van der Waals surface area contributed by atoms with E-state index in [-0.39, 0.29) is 36.7 Å². The van der Waals surface area contributed by atoms with Crippen LogP contribution in [0.2, 0.25) is 0 Å². The summed E-state index contributed by atoms with van der Waals surface area (Å²) in [6.45, 7) is 9.27. The quantitative estimate of drug-likeness (QED) is 0.466. The molecule has 0 fully saturated rings. The number of rotatable bonds is 11. The van der Waals surface area contributed by atoms with Gasteiger partial charge in [0.15, 0.2) is 0 Å². The molecule has 184 valence electrons. The first-order valence-corrected chi connectivity index (χ1v) is 11.9. The molecule has 0 radical (unpaired) electrons. The number of nitrogens with one attached hydrogen (secondary N) is 1. The highest BCUT2D eigenvalue weighted by Gasteiger charge is 2.23. The molecule has 2 aromatic rings. The van der Waals surface area contributed by atoms with Crippen molar-refractivity contribution < 1.29 is 23.9 Å². The standard InChI is InChI=1S/C28H37NO5/c1-6-33-27(32)20(2)18-24(29-25(30)16-17-26(31)34-28(3,4)5)19-21-12-14-23(15-13-21)22-10-8-7-9-11-22/h7-15,20,24H,6,16-19H2,1-5H3,(H,29,30)/t20-,24-/m1/s1. The van der Waals surface area contributed by atoms with Gasteiger partial charge in [0.25, 0.3) is 0 Å². The SMILES string of the molecule is CCOC(=O)[C@H](C)C[C@H](Cc1ccc(-c2ccccc2)cc1)NC(=O)CCC(=O)OC(C)(C)C. The van der Waals surface area contributed by atoms with Crippen LogP contribution in [-0.4, -0.2) is 36.1 Å². The van der Waals surface area contributed by atoms with E-state index >= 15 is 0 Å². The Morgan fingerprint density at radius 3 is 2.12 bits per heavy atom. The van der Waals surface area contributed by atoms with Crippen molar-refractivity contribution in [3.8, 4) is 11.1 Å². The zero-order chi connectivity index (χ0) is 25.1. The van der Waals surface area contributed by atoms with Crippen LogP contribution in [-0.2, 0) is 30.3 Å². The van der Waals surface area contributed by atoms with Crippen molar-refractivity contribution in [3.05, 3.63) is 60.2 Å². The number of esters is 2. The van der Waals surface area contributed by atoms with E-state index in [1.807, 2.05) is 30.3 Å². The lowest BCUT2D eigenvalue weighted by Gasteiger charge is -2.22. The van der Waals surface area contributed by atoms with Gasteiger partial charge in [-0.3, -0.25) is 14.4 Å². The van der Waals surface area contributed by atoms with Gasteiger partial charge in [-0.25, -0.2) is 0 Å². The van der Waals surface area contributed by atoms with E-state index in [9.17, 15) is 14.4 Å². The van der Waals surface area contributed by atoms with E-state index in [2.05, 4.69) is 29.6 Å². The van der Waals surface area contributed by atoms with Gasteiger partial charge in [-0.2, -0.15) is 0 Å². The Morgan fingerprint density at radius 2 is 1.53 bits per heavy atom. The summed E-state index contributed by atoms with van der Waals surface area (Å²) in [5.74, 6) is -1.29. The molecule has 0 bridgehead atoms. The number of ether oxygens (including phenoxy) is 2. The first-order chi connectivity index (χ1) is 16.1. The van der Waals surface area contributed by atoms with Crippen molar-refractivity contribution in [2.24, 2.45) is 5.92 Å². The Bertz CT molecular complexity index is 932. The summed E-state index contributed by atoms with van der Waals surface area (Å²) in [6.07, 6.45) is 1.05. The zero-order valence-corrected chi connectivity index (χ0v) is 20.9. The molecule has 0 heterocycles. The average Bonchev–Trinajstić information content (AvgIpc) is 2.78. The molecule has 6 nitrogen and oxygen atoms in total. The maximum atomic E-state index is 12.6. The van der Waals surface area contributed by atoms with Gasteiger partial charge in [-0.15, -0.1) is 0 Å². The number of benzene rings is 2. The predicted molar refractivity (Wildman–Crippen MR) is 133 cm³/mol. The Labute approximate surface area is 203 Å². The molecule has 0 spiro atoms.